The summed E-state index contributed by atoms with van der Waals surface area (Å²) in [4.78, 5) is 0.205. The zero-order chi connectivity index (χ0) is 15.0. The van der Waals surface area contributed by atoms with Crippen molar-refractivity contribution in [1.29, 1.82) is 0 Å². The van der Waals surface area contributed by atoms with Gasteiger partial charge in [-0.15, -0.1) is 0 Å². The molecule has 5 nitrogen and oxygen atoms in total. The fraction of sp³-hybridized carbons (Fsp3) is 0.357. The lowest BCUT2D eigenvalue weighted by molar-refractivity contribution is 0.398. The molecule has 1 aromatic carbocycles. The molecule has 1 saturated carbocycles. The summed E-state index contributed by atoms with van der Waals surface area (Å²) in [5.41, 5.74) is 1.30. The zero-order valence-corrected chi connectivity index (χ0v) is 12.4. The number of aromatic amines is 1. The third-order valence-corrected chi connectivity index (χ3v) is 5.59. The Labute approximate surface area is 122 Å². The van der Waals surface area contributed by atoms with Gasteiger partial charge in [0.25, 0.3) is 0 Å². The van der Waals surface area contributed by atoms with Crippen molar-refractivity contribution in [2.24, 2.45) is 0 Å². The summed E-state index contributed by atoms with van der Waals surface area (Å²) < 4.78 is 40.0. The third-order valence-electron chi connectivity index (χ3n) is 3.58. The van der Waals surface area contributed by atoms with Crippen molar-refractivity contribution in [2.75, 3.05) is 0 Å². The van der Waals surface area contributed by atoms with Gasteiger partial charge in [0, 0.05) is 12.6 Å². The highest BCUT2D eigenvalue weighted by molar-refractivity contribution is 7.89. The van der Waals surface area contributed by atoms with E-state index in [9.17, 15) is 12.8 Å². The molecule has 7 heteroatoms. The highest BCUT2D eigenvalue weighted by Crippen LogP contribution is 2.34. The van der Waals surface area contributed by atoms with E-state index in [1.807, 2.05) is 0 Å². The maximum absolute atomic E-state index is 13.0. The van der Waals surface area contributed by atoms with Crippen LogP contribution in [0.4, 0.5) is 4.39 Å². The van der Waals surface area contributed by atoms with Gasteiger partial charge in [-0.05, 0) is 37.5 Å². The Bertz CT molecular complexity index is 736. The summed E-state index contributed by atoms with van der Waals surface area (Å²) in [6.07, 6.45) is 3.05. The monoisotopic (exact) mass is 309 g/mol. The SMILES string of the molecule is Cc1[nH]ncc1S(=O)(=O)N(Cc1ccc(F)cc1)C1CC1. The fourth-order valence-corrected chi connectivity index (χ4v) is 4.06. The van der Waals surface area contributed by atoms with Gasteiger partial charge in [0.2, 0.25) is 10.0 Å². The standard InChI is InChI=1S/C14H16FN3O2S/c1-10-14(8-16-17-10)21(19,20)18(13-6-7-13)9-11-2-4-12(15)5-3-11/h2-5,8,13H,6-7,9H2,1H3,(H,16,17). The number of nitrogens with zero attached hydrogens (tertiary/aromatic N) is 2. The Morgan fingerprint density at radius 3 is 2.52 bits per heavy atom. The van der Waals surface area contributed by atoms with E-state index in [4.69, 9.17) is 0 Å². The van der Waals surface area contributed by atoms with Crippen molar-refractivity contribution in [2.45, 2.75) is 37.2 Å². The molecular weight excluding hydrogens is 293 g/mol. The number of hydrogen-bond acceptors (Lipinski definition) is 3. The van der Waals surface area contributed by atoms with Crippen LogP contribution in [0.25, 0.3) is 0 Å². The van der Waals surface area contributed by atoms with Crippen LogP contribution >= 0.6 is 0 Å². The first-order chi connectivity index (χ1) is 9.98. The first-order valence-electron chi connectivity index (χ1n) is 6.75. The Morgan fingerprint density at radius 1 is 1.33 bits per heavy atom. The molecule has 0 radical (unpaired) electrons. The molecular formula is C14H16FN3O2S. The Morgan fingerprint density at radius 2 is 2.00 bits per heavy atom. The number of aromatic nitrogens is 2. The predicted octanol–water partition coefficient (Wildman–Crippen LogP) is 2.21. The van der Waals surface area contributed by atoms with Crippen LogP contribution in [-0.4, -0.2) is 29.0 Å². The average molecular weight is 309 g/mol. The van der Waals surface area contributed by atoms with Gasteiger partial charge in [0.05, 0.1) is 11.9 Å². The van der Waals surface area contributed by atoms with Crippen LogP contribution in [0.5, 0.6) is 0 Å². The summed E-state index contributed by atoms with van der Waals surface area (Å²) in [5, 5.41) is 6.44. The summed E-state index contributed by atoms with van der Waals surface area (Å²) in [6.45, 7) is 1.93. The van der Waals surface area contributed by atoms with Gasteiger partial charge in [-0.25, -0.2) is 12.8 Å². The number of nitrogens with one attached hydrogen (secondary N) is 1. The zero-order valence-electron chi connectivity index (χ0n) is 11.6. The highest BCUT2D eigenvalue weighted by atomic mass is 32.2. The summed E-state index contributed by atoms with van der Waals surface area (Å²) in [5.74, 6) is -0.328. The highest BCUT2D eigenvalue weighted by Gasteiger charge is 2.39. The quantitative estimate of drug-likeness (QED) is 0.921. The first kappa shape index (κ1) is 14.2. The maximum atomic E-state index is 13.0. The van der Waals surface area contributed by atoms with Crippen molar-refractivity contribution >= 4 is 10.0 Å². The molecule has 1 aliphatic carbocycles. The van der Waals surface area contributed by atoms with Crippen LogP contribution in [0.15, 0.2) is 35.4 Å². The van der Waals surface area contributed by atoms with Crippen LogP contribution in [0.3, 0.4) is 0 Å². The number of sulfonamides is 1. The molecule has 1 N–H and O–H groups in total. The number of aryl methyl sites for hydroxylation is 1. The van der Waals surface area contributed by atoms with Gasteiger partial charge >= 0.3 is 0 Å². The van der Waals surface area contributed by atoms with Gasteiger partial charge in [-0.1, -0.05) is 12.1 Å². The number of rotatable bonds is 5. The van der Waals surface area contributed by atoms with E-state index in [-0.39, 0.29) is 23.3 Å². The van der Waals surface area contributed by atoms with Crippen LogP contribution in [-0.2, 0) is 16.6 Å². The van der Waals surface area contributed by atoms with Crippen LogP contribution < -0.4 is 0 Å². The van der Waals surface area contributed by atoms with E-state index in [0.717, 1.165) is 18.4 Å². The predicted molar refractivity (Wildman–Crippen MR) is 75.5 cm³/mol. The minimum absolute atomic E-state index is 0.0225. The topological polar surface area (TPSA) is 66.1 Å². The van der Waals surface area contributed by atoms with Crippen molar-refractivity contribution in [3.05, 3.63) is 47.5 Å². The minimum atomic E-state index is -3.59. The van der Waals surface area contributed by atoms with E-state index >= 15 is 0 Å². The Balaban J connectivity index is 1.91. The third kappa shape index (κ3) is 2.84. The smallest absolute Gasteiger partial charge is 0.247 e. The van der Waals surface area contributed by atoms with E-state index < -0.39 is 10.0 Å². The molecule has 1 heterocycles. The molecule has 2 aromatic rings. The lowest BCUT2D eigenvalue weighted by atomic mass is 10.2. The molecule has 0 aliphatic heterocycles. The molecule has 0 unspecified atom stereocenters. The van der Waals surface area contributed by atoms with Crippen molar-refractivity contribution in [3.63, 3.8) is 0 Å². The number of H-pyrrole nitrogens is 1. The average Bonchev–Trinajstić information content (AvgIpc) is 3.18. The number of halogens is 1. The molecule has 0 amide bonds. The fourth-order valence-electron chi connectivity index (χ4n) is 2.27. The first-order valence-corrected chi connectivity index (χ1v) is 8.19. The van der Waals surface area contributed by atoms with Gasteiger partial charge in [-0.2, -0.15) is 9.40 Å². The maximum Gasteiger partial charge on any atom is 0.247 e. The van der Waals surface area contributed by atoms with Gasteiger partial charge in [0.15, 0.2) is 0 Å². The molecule has 112 valence electrons. The van der Waals surface area contributed by atoms with Gasteiger partial charge in [0.1, 0.15) is 10.7 Å². The molecule has 0 spiro atoms. The van der Waals surface area contributed by atoms with Crippen molar-refractivity contribution in [3.8, 4) is 0 Å². The molecule has 1 aromatic heterocycles. The van der Waals surface area contributed by atoms with Crippen molar-refractivity contribution in [1.82, 2.24) is 14.5 Å². The Kier molecular flexibility index (Phi) is 3.54. The second kappa shape index (κ2) is 5.23. The molecule has 0 bridgehead atoms. The molecule has 0 saturated heterocycles. The molecule has 0 atom stereocenters. The second-order valence-corrected chi connectivity index (χ2v) is 7.13. The molecule has 3 rings (SSSR count). The Hall–Kier alpha value is -1.73. The van der Waals surface area contributed by atoms with Crippen molar-refractivity contribution < 1.29 is 12.8 Å². The van der Waals surface area contributed by atoms with Gasteiger partial charge in [-0.3, -0.25) is 5.10 Å². The van der Waals surface area contributed by atoms with Crippen LogP contribution in [0.2, 0.25) is 0 Å². The molecule has 21 heavy (non-hydrogen) atoms. The largest absolute Gasteiger partial charge is 0.281 e. The summed E-state index contributed by atoms with van der Waals surface area (Å²) in [7, 11) is -3.59. The van der Waals surface area contributed by atoms with E-state index in [1.54, 1.807) is 19.1 Å². The summed E-state index contributed by atoms with van der Waals surface area (Å²) >= 11 is 0. The second-order valence-electron chi connectivity index (χ2n) is 5.27. The summed E-state index contributed by atoms with van der Waals surface area (Å²) in [6, 6.07) is 5.94. The molecule has 1 fully saturated rings. The van der Waals surface area contributed by atoms with Crippen LogP contribution in [0.1, 0.15) is 24.1 Å². The number of hydrogen-bond donors (Lipinski definition) is 1. The number of benzene rings is 1. The lowest BCUT2D eigenvalue weighted by Gasteiger charge is -2.21. The van der Waals surface area contributed by atoms with Crippen LogP contribution in [0, 0.1) is 12.7 Å². The van der Waals surface area contributed by atoms with E-state index in [0.29, 0.717) is 5.69 Å². The molecule has 1 aliphatic rings. The normalized spacial score (nSPS) is 15.6. The van der Waals surface area contributed by atoms with E-state index in [2.05, 4.69) is 10.2 Å². The van der Waals surface area contributed by atoms with Gasteiger partial charge < -0.3 is 0 Å². The minimum Gasteiger partial charge on any atom is -0.281 e. The van der Waals surface area contributed by atoms with E-state index in [1.165, 1.54) is 22.6 Å². The lowest BCUT2D eigenvalue weighted by Crippen LogP contribution is -2.32.